The number of likely N-dealkylation sites (N-methyl/N-ethyl adjacent to an activating group) is 3. The second kappa shape index (κ2) is 11.2. The Morgan fingerprint density at radius 3 is 1.65 bits per heavy atom. The molecule has 0 heterocycles. The first kappa shape index (κ1) is 19.6. The van der Waals surface area contributed by atoms with E-state index in [2.05, 4.69) is 49.3 Å². The Kier molecular flexibility index (Phi) is 11.0. The van der Waals surface area contributed by atoms with Crippen molar-refractivity contribution < 1.29 is 4.79 Å². The summed E-state index contributed by atoms with van der Waals surface area (Å²) in [6.07, 6.45) is 0. The van der Waals surface area contributed by atoms with Gasteiger partial charge >= 0.3 is 0 Å². The summed E-state index contributed by atoms with van der Waals surface area (Å²) in [5.41, 5.74) is 0. The first-order chi connectivity index (χ1) is 9.53. The van der Waals surface area contributed by atoms with Crippen LogP contribution in [0, 0.1) is 0 Å². The number of carbonyl (C=O) groups is 1. The number of hydrogen-bond donors (Lipinski definition) is 0. The summed E-state index contributed by atoms with van der Waals surface area (Å²) >= 11 is 0. The second-order valence-electron chi connectivity index (χ2n) is 5.27. The summed E-state index contributed by atoms with van der Waals surface area (Å²) in [5.74, 6) is 0.290. The Morgan fingerprint density at radius 1 is 0.800 bits per heavy atom. The molecule has 4 heteroatoms. The van der Waals surface area contributed by atoms with Crippen molar-refractivity contribution in [3.8, 4) is 0 Å². The normalized spacial score (nSPS) is 13.4. The van der Waals surface area contributed by atoms with Gasteiger partial charge < -0.3 is 9.80 Å². The van der Waals surface area contributed by atoms with Gasteiger partial charge in [0, 0.05) is 19.6 Å². The van der Waals surface area contributed by atoms with E-state index in [1.165, 1.54) is 0 Å². The highest BCUT2D eigenvalue weighted by molar-refractivity contribution is 5.81. The molecule has 0 aromatic heterocycles. The molecular formula is C16H35N3O. The van der Waals surface area contributed by atoms with Crippen LogP contribution in [0.1, 0.15) is 41.5 Å². The maximum Gasteiger partial charge on any atom is 0.148 e. The van der Waals surface area contributed by atoms with Crippen LogP contribution < -0.4 is 0 Å². The first-order valence-corrected chi connectivity index (χ1v) is 8.22. The van der Waals surface area contributed by atoms with Gasteiger partial charge in [0.15, 0.2) is 0 Å². The van der Waals surface area contributed by atoms with E-state index in [1.54, 1.807) is 6.92 Å². The molecule has 1 atom stereocenters. The summed E-state index contributed by atoms with van der Waals surface area (Å²) in [6, 6.07) is 0.0375. The maximum atomic E-state index is 12.0. The van der Waals surface area contributed by atoms with Crippen LogP contribution in [0.2, 0.25) is 0 Å². The van der Waals surface area contributed by atoms with Gasteiger partial charge in [-0.3, -0.25) is 9.69 Å². The largest absolute Gasteiger partial charge is 0.303 e. The van der Waals surface area contributed by atoms with Crippen LogP contribution in [-0.2, 0) is 4.79 Å². The van der Waals surface area contributed by atoms with Gasteiger partial charge in [0.05, 0.1) is 6.04 Å². The minimum atomic E-state index is 0.0375. The van der Waals surface area contributed by atoms with Gasteiger partial charge in [-0.15, -0.1) is 0 Å². The van der Waals surface area contributed by atoms with E-state index in [0.717, 1.165) is 52.4 Å². The van der Waals surface area contributed by atoms with Gasteiger partial charge in [-0.1, -0.05) is 34.6 Å². The van der Waals surface area contributed by atoms with Gasteiger partial charge in [0.1, 0.15) is 5.78 Å². The molecule has 0 N–H and O–H groups in total. The van der Waals surface area contributed by atoms with Crippen LogP contribution in [0.4, 0.5) is 0 Å². The van der Waals surface area contributed by atoms with Crippen LogP contribution >= 0.6 is 0 Å². The third-order valence-electron chi connectivity index (χ3n) is 4.24. The number of ketones is 1. The SMILES string of the molecule is CCN(CC)CCN(CC)C(CN(CC)CC)C(C)=O. The smallest absolute Gasteiger partial charge is 0.148 e. The van der Waals surface area contributed by atoms with Gasteiger partial charge in [-0.05, 0) is 39.6 Å². The molecule has 0 aliphatic carbocycles. The third kappa shape index (κ3) is 6.82. The van der Waals surface area contributed by atoms with Gasteiger partial charge in [0.25, 0.3) is 0 Å². The lowest BCUT2D eigenvalue weighted by atomic mass is 10.1. The molecule has 0 aliphatic rings. The standard InChI is InChI=1S/C16H35N3O/c1-7-17(8-2)12-13-19(11-5)16(15(6)20)14-18(9-3)10-4/h16H,7-14H2,1-6H3. The van der Waals surface area contributed by atoms with E-state index in [9.17, 15) is 4.79 Å². The summed E-state index contributed by atoms with van der Waals surface area (Å²) < 4.78 is 0. The van der Waals surface area contributed by atoms with Crippen LogP contribution in [0.5, 0.6) is 0 Å². The van der Waals surface area contributed by atoms with E-state index in [-0.39, 0.29) is 6.04 Å². The Bertz CT molecular complexity index is 250. The average molecular weight is 285 g/mol. The van der Waals surface area contributed by atoms with Gasteiger partial charge in [-0.2, -0.15) is 0 Å². The molecule has 0 radical (unpaired) electrons. The van der Waals surface area contributed by atoms with Gasteiger partial charge in [-0.25, -0.2) is 0 Å². The quantitative estimate of drug-likeness (QED) is 0.548. The highest BCUT2D eigenvalue weighted by atomic mass is 16.1. The molecule has 1 unspecified atom stereocenters. The summed E-state index contributed by atoms with van der Waals surface area (Å²) in [6.45, 7) is 20.6. The number of nitrogens with zero attached hydrogens (tertiary/aromatic N) is 3. The molecule has 0 aromatic rings. The van der Waals surface area contributed by atoms with Crippen molar-refractivity contribution in [3.05, 3.63) is 0 Å². The predicted molar refractivity (Wildman–Crippen MR) is 87.3 cm³/mol. The Hall–Kier alpha value is -0.450. The maximum absolute atomic E-state index is 12.0. The number of carbonyl (C=O) groups excluding carboxylic acids is 1. The van der Waals surface area contributed by atoms with E-state index in [0.29, 0.717) is 5.78 Å². The van der Waals surface area contributed by atoms with E-state index >= 15 is 0 Å². The highest BCUT2D eigenvalue weighted by Crippen LogP contribution is 2.05. The summed E-state index contributed by atoms with van der Waals surface area (Å²) in [5, 5.41) is 0. The second-order valence-corrected chi connectivity index (χ2v) is 5.27. The third-order valence-corrected chi connectivity index (χ3v) is 4.24. The number of Topliss-reactive ketones (excluding diaryl/α,β-unsaturated/α-hetero) is 1. The zero-order valence-corrected chi connectivity index (χ0v) is 14.5. The summed E-state index contributed by atoms with van der Waals surface area (Å²) in [7, 11) is 0. The number of rotatable bonds is 12. The molecule has 0 saturated carbocycles. The van der Waals surface area contributed by atoms with Crippen molar-refractivity contribution >= 4 is 5.78 Å². The average Bonchev–Trinajstić information content (AvgIpc) is 2.46. The Labute approximate surface area is 126 Å². The fourth-order valence-corrected chi connectivity index (χ4v) is 2.57. The molecule has 0 saturated heterocycles. The molecule has 0 aliphatic heterocycles. The molecule has 20 heavy (non-hydrogen) atoms. The molecule has 0 bridgehead atoms. The topological polar surface area (TPSA) is 26.8 Å². The predicted octanol–water partition coefficient (Wildman–Crippen LogP) is 1.95. The van der Waals surface area contributed by atoms with Crippen LogP contribution in [0.25, 0.3) is 0 Å². The summed E-state index contributed by atoms with van der Waals surface area (Å²) in [4.78, 5) is 19.1. The molecule has 0 rings (SSSR count). The highest BCUT2D eigenvalue weighted by Gasteiger charge is 2.23. The molecule has 0 amide bonds. The fourth-order valence-electron chi connectivity index (χ4n) is 2.57. The van der Waals surface area contributed by atoms with E-state index in [4.69, 9.17) is 0 Å². The zero-order valence-electron chi connectivity index (χ0n) is 14.5. The number of hydrogen-bond acceptors (Lipinski definition) is 4. The zero-order chi connectivity index (χ0) is 15.5. The van der Waals surface area contributed by atoms with Crippen molar-refractivity contribution in [1.82, 2.24) is 14.7 Å². The lowest BCUT2D eigenvalue weighted by Crippen LogP contribution is -2.50. The molecule has 4 nitrogen and oxygen atoms in total. The van der Waals surface area contributed by atoms with Crippen LogP contribution in [0.3, 0.4) is 0 Å². The van der Waals surface area contributed by atoms with Crippen molar-refractivity contribution in [3.63, 3.8) is 0 Å². The Morgan fingerprint density at radius 2 is 1.30 bits per heavy atom. The lowest BCUT2D eigenvalue weighted by molar-refractivity contribution is -0.122. The molecule has 120 valence electrons. The molecule has 0 spiro atoms. The van der Waals surface area contributed by atoms with Crippen LogP contribution in [0.15, 0.2) is 0 Å². The molecule has 0 aromatic carbocycles. The molecular weight excluding hydrogens is 250 g/mol. The van der Waals surface area contributed by atoms with E-state index < -0.39 is 0 Å². The van der Waals surface area contributed by atoms with Crippen LogP contribution in [-0.4, -0.2) is 78.9 Å². The minimum Gasteiger partial charge on any atom is -0.303 e. The Balaban J connectivity index is 4.62. The lowest BCUT2D eigenvalue weighted by Gasteiger charge is -2.34. The van der Waals surface area contributed by atoms with Crippen molar-refractivity contribution in [2.45, 2.75) is 47.6 Å². The van der Waals surface area contributed by atoms with Gasteiger partial charge in [0.2, 0.25) is 0 Å². The fraction of sp³-hybridized carbons (Fsp3) is 0.938. The van der Waals surface area contributed by atoms with Crippen molar-refractivity contribution in [2.24, 2.45) is 0 Å². The van der Waals surface area contributed by atoms with Crippen molar-refractivity contribution in [2.75, 3.05) is 52.4 Å². The molecule has 0 fully saturated rings. The minimum absolute atomic E-state index is 0.0375. The monoisotopic (exact) mass is 285 g/mol. The first-order valence-electron chi connectivity index (χ1n) is 8.22. The van der Waals surface area contributed by atoms with Crippen molar-refractivity contribution in [1.29, 1.82) is 0 Å². The van der Waals surface area contributed by atoms with E-state index in [1.807, 2.05) is 0 Å².